The first-order valence-corrected chi connectivity index (χ1v) is 6.81. The van der Waals surface area contributed by atoms with Gasteiger partial charge in [0.25, 0.3) is 0 Å². The fourth-order valence-corrected chi connectivity index (χ4v) is 2.44. The molecule has 1 fully saturated rings. The van der Waals surface area contributed by atoms with E-state index in [2.05, 4.69) is 5.32 Å². The Morgan fingerprint density at radius 2 is 2.21 bits per heavy atom. The van der Waals surface area contributed by atoms with Gasteiger partial charge in [-0.05, 0) is 5.56 Å². The average Bonchev–Trinajstić information content (AvgIpc) is 2.66. The molecule has 1 N–H and O–H groups in total. The molecule has 1 unspecified atom stereocenters. The van der Waals surface area contributed by atoms with Gasteiger partial charge in [-0.1, -0.05) is 30.3 Å². The molecule has 104 valence electrons. The van der Waals surface area contributed by atoms with Crippen LogP contribution in [-0.4, -0.2) is 50.7 Å². The molecular formula is C15H22N2O2. The maximum Gasteiger partial charge on any atom is 0.227 e. The molecule has 1 aromatic rings. The second-order valence-corrected chi connectivity index (χ2v) is 5.03. The van der Waals surface area contributed by atoms with Crippen LogP contribution in [0, 0.1) is 5.92 Å². The molecule has 4 nitrogen and oxygen atoms in total. The average molecular weight is 262 g/mol. The van der Waals surface area contributed by atoms with Gasteiger partial charge in [-0.25, -0.2) is 0 Å². The molecule has 1 saturated heterocycles. The zero-order valence-corrected chi connectivity index (χ0v) is 11.5. The highest BCUT2D eigenvalue weighted by Crippen LogP contribution is 2.08. The van der Waals surface area contributed by atoms with Crippen molar-refractivity contribution in [1.29, 1.82) is 0 Å². The number of carbonyl (C=O) groups is 1. The van der Waals surface area contributed by atoms with Crippen molar-refractivity contribution >= 4 is 5.91 Å². The van der Waals surface area contributed by atoms with Gasteiger partial charge in [0.1, 0.15) is 0 Å². The lowest BCUT2D eigenvalue weighted by molar-refractivity contribution is -0.130. The zero-order valence-electron chi connectivity index (χ0n) is 11.5. The van der Waals surface area contributed by atoms with Gasteiger partial charge in [-0.15, -0.1) is 0 Å². The van der Waals surface area contributed by atoms with E-state index in [1.165, 1.54) is 0 Å². The van der Waals surface area contributed by atoms with Gasteiger partial charge in [0, 0.05) is 39.2 Å². The fourth-order valence-electron chi connectivity index (χ4n) is 2.44. The first-order valence-electron chi connectivity index (χ1n) is 6.81. The van der Waals surface area contributed by atoms with E-state index >= 15 is 0 Å². The quantitative estimate of drug-likeness (QED) is 0.877. The third-order valence-electron chi connectivity index (χ3n) is 3.42. The van der Waals surface area contributed by atoms with Crippen LogP contribution >= 0.6 is 0 Å². The maximum absolute atomic E-state index is 12.3. The highest BCUT2D eigenvalue weighted by Gasteiger charge is 2.21. The van der Waals surface area contributed by atoms with Crippen LogP contribution in [0.25, 0.3) is 0 Å². The van der Waals surface area contributed by atoms with Crippen molar-refractivity contribution in [3.8, 4) is 0 Å². The molecule has 1 aromatic carbocycles. The van der Waals surface area contributed by atoms with Crippen LogP contribution in [0.5, 0.6) is 0 Å². The minimum atomic E-state index is 0.205. The van der Waals surface area contributed by atoms with Crippen molar-refractivity contribution in [2.45, 2.75) is 6.42 Å². The van der Waals surface area contributed by atoms with Crippen LogP contribution in [0.3, 0.4) is 0 Å². The molecule has 1 atom stereocenters. The van der Waals surface area contributed by atoms with E-state index in [1.807, 2.05) is 35.2 Å². The van der Waals surface area contributed by atoms with Crippen LogP contribution < -0.4 is 5.32 Å². The topological polar surface area (TPSA) is 41.6 Å². The Bertz CT molecular complexity index is 394. The summed E-state index contributed by atoms with van der Waals surface area (Å²) >= 11 is 0. The number of hydrogen-bond acceptors (Lipinski definition) is 3. The molecule has 0 spiro atoms. The number of nitrogens with zero attached hydrogens (tertiary/aromatic N) is 1. The highest BCUT2D eigenvalue weighted by atomic mass is 16.5. The standard InChI is InChI=1S/C15H22N2O2/c1-19-12-14-10-16-7-8-17(11-14)15(18)9-13-5-3-2-4-6-13/h2-6,14,16H,7-12H2,1H3. The molecule has 19 heavy (non-hydrogen) atoms. The minimum Gasteiger partial charge on any atom is -0.384 e. The Morgan fingerprint density at radius 1 is 1.42 bits per heavy atom. The number of hydrogen-bond donors (Lipinski definition) is 1. The van der Waals surface area contributed by atoms with Crippen molar-refractivity contribution in [3.63, 3.8) is 0 Å². The third-order valence-corrected chi connectivity index (χ3v) is 3.42. The Labute approximate surface area is 114 Å². The van der Waals surface area contributed by atoms with E-state index in [-0.39, 0.29) is 5.91 Å². The van der Waals surface area contributed by atoms with Gasteiger partial charge in [-0.3, -0.25) is 4.79 Å². The van der Waals surface area contributed by atoms with E-state index in [1.54, 1.807) is 7.11 Å². The normalized spacial score (nSPS) is 20.1. The van der Waals surface area contributed by atoms with Crippen LogP contribution in [0.1, 0.15) is 5.56 Å². The van der Waals surface area contributed by atoms with E-state index in [9.17, 15) is 4.79 Å². The molecule has 1 amide bonds. The predicted molar refractivity (Wildman–Crippen MR) is 75.0 cm³/mol. The highest BCUT2D eigenvalue weighted by molar-refractivity contribution is 5.78. The molecule has 1 heterocycles. The summed E-state index contributed by atoms with van der Waals surface area (Å²) in [5.74, 6) is 0.586. The summed E-state index contributed by atoms with van der Waals surface area (Å²) in [5, 5.41) is 3.36. The van der Waals surface area contributed by atoms with Crippen molar-refractivity contribution in [3.05, 3.63) is 35.9 Å². The molecule has 0 bridgehead atoms. The maximum atomic E-state index is 12.3. The van der Waals surface area contributed by atoms with E-state index in [0.29, 0.717) is 18.9 Å². The molecule has 0 aromatic heterocycles. The van der Waals surface area contributed by atoms with Crippen LogP contribution in [-0.2, 0) is 16.0 Å². The zero-order chi connectivity index (χ0) is 13.5. The number of methoxy groups -OCH3 is 1. The molecule has 0 saturated carbocycles. The SMILES string of the molecule is COCC1CNCCN(C(=O)Cc2ccccc2)C1. The molecule has 4 heteroatoms. The third kappa shape index (κ3) is 4.33. The summed E-state index contributed by atoms with van der Waals surface area (Å²) in [7, 11) is 1.71. The summed E-state index contributed by atoms with van der Waals surface area (Å²) < 4.78 is 5.21. The van der Waals surface area contributed by atoms with Crippen molar-refractivity contribution in [2.24, 2.45) is 5.92 Å². The van der Waals surface area contributed by atoms with Gasteiger partial charge in [-0.2, -0.15) is 0 Å². The summed E-state index contributed by atoms with van der Waals surface area (Å²) in [6.07, 6.45) is 0.487. The molecule has 0 aliphatic carbocycles. The van der Waals surface area contributed by atoms with E-state index in [0.717, 1.165) is 31.7 Å². The molecule has 1 aliphatic heterocycles. The first-order chi connectivity index (χ1) is 9.29. The van der Waals surface area contributed by atoms with Crippen LogP contribution in [0.15, 0.2) is 30.3 Å². The lowest BCUT2D eigenvalue weighted by Gasteiger charge is -2.23. The van der Waals surface area contributed by atoms with Crippen molar-refractivity contribution in [2.75, 3.05) is 39.9 Å². The Balaban J connectivity index is 1.93. The predicted octanol–water partition coefficient (Wildman–Crippen LogP) is 0.923. The summed E-state index contributed by atoms with van der Waals surface area (Å²) in [4.78, 5) is 14.3. The van der Waals surface area contributed by atoms with Gasteiger partial charge < -0.3 is 15.0 Å². The first kappa shape index (κ1) is 14.0. The van der Waals surface area contributed by atoms with Gasteiger partial charge in [0.05, 0.1) is 13.0 Å². The van der Waals surface area contributed by atoms with Gasteiger partial charge >= 0.3 is 0 Å². The summed E-state index contributed by atoms with van der Waals surface area (Å²) in [6.45, 7) is 4.05. The summed E-state index contributed by atoms with van der Waals surface area (Å²) in [5.41, 5.74) is 1.08. The largest absolute Gasteiger partial charge is 0.384 e. The minimum absolute atomic E-state index is 0.205. The molecule has 2 rings (SSSR count). The van der Waals surface area contributed by atoms with Gasteiger partial charge in [0.2, 0.25) is 5.91 Å². The molecule has 0 radical (unpaired) electrons. The number of ether oxygens (including phenoxy) is 1. The fraction of sp³-hybridized carbons (Fsp3) is 0.533. The monoisotopic (exact) mass is 262 g/mol. The Morgan fingerprint density at radius 3 is 2.95 bits per heavy atom. The molecule has 1 aliphatic rings. The molecular weight excluding hydrogens is 240 g/mol. The van der Waals surface area contributed by atoms with E-state index in [4.69, 9.17) is 4.74 Å². The Kier molecular flexibility index (Phi) is 5.36. The van der Waals surface area contributed by atoms with Crippen LogP contribution in [0.2, 0.25) is 0 Å². The number of rotatable bonds is 4. The second-order valence-electron chi connectivity index (χ2n) is 5.03. The van der Waals surface area contributed by atoms with Gasteiger partial charge in [0.15, 0.2) is 0 Å². The second kappa shape index (κ2) is 7.26. The number of benzene rings is 1. The Hall–Kier alpha value is -1.39. The lowest BCUT2D eigenvalue weighted by Crippen LogP contribution is -2.37. The number of amides is 1. The summed E-state index contributed by atoms with van der Waals surface area (Å²) in [6, 6.07) is 9.92. The van der Waals surface area contributed by atoms with Crippen molar-refractivity contribution in [1.82, 2.24) is 10.2 Å². The van der Waals surface area contributed by atoms with Crippen molar-refractivity contribution < 1.29 is 9.53 Å². The van der Waals surface area contributed by atoms with Crippen LogP contribution in [0.4, 0.5) is 0 Å². The lowest BCUT2D eigenvalue weighted by atomic mass is 10.1. The van der Waals surface area contributed by atoms with E-state index < -0.39 is 0 Å². The number of nitrogens with one attached hydrogen (secondary N) is 1. The number of carbonyl (C=O) groups excluding carboxylic acids is 1. The smallest absolute Gasteiger partial charge is 0.227 e.